The minimum absolute atomic E-state index is 0.0372. The Bertz CT molecular complexity index is 769. The zero-order chi connectivity index (χ0) is 19.3. The van der Waals surface area contributed by atoms with Gasteiger partial charge in [-0.25, -0.2) is 4.98 Å². The number of alkyl halides is 3. The second kappa shape index (κ2) is 8.55. The van der Waals surface area contributed by atoms with Crippen LogP contribution in [0.25, 0.3) is 0 Å². The lowest BCUT2D eigenvalue weighted by Crippen LogP contribution is -2.21. The van der Waals surface area contributed by atoms with E-state index in [4.69, 9.17) is 4.74 Å². The molecule has 3 nitrogen and oxygen atoms in total. The third kappa shape index (κ3) is 5.55. The number of ether oxygens (including phenoxy) is 1. The Hall–Kier alpha value is -2.37. The quantitative estimate of drug-likeness (QED) is 0.625. The van der Waals surface area contributed by atoms with Crippen LogP contribution in [0.4, 0.5) is 13.2 Å². The molecule has 1 aliphatic carbocycles. The lowest BCUT2D eigenvalue weighted by atomic mass is 9.84. The number of nitrogens with zero attached hydrogens (tertiary/aromatic N) is 1. The highest BCUT2D eigenvalue weighted by molar-refractivity contribution is 5.97. The Balaban J connectivity index is 1.82. The van der Waals surface area contributed by atoms with Gasteiger partial charge in [0.1, 0.15) is 0 Å². The molecule has 0 atom stereocenters. The second-order valence-electron chi connectivity index (χ2n) is 6.94. The first-order chi connectivity index (χ1) is 12.9. The third-order valence-electron chi connectivity index (χ3n) is 4.81. The first-order valence-corrected chi connectivity index (χ1v) is 9.19. The number of carbonyl (C=O) groups is 1. The van der Waals surface area contributed by atoms with E-state index in [1.807, 2.05) is 6.07 Å². The fourth-order valence-corrected chi connectivity index (χ4v) is 3.50. The van der Waals surface area contributed by atoms with Crippen molar-refractivity contribution < 1.29 is 22.7 Å². The van der Waals surface area contributed by atoms with E-state index in [1.165, 1.54) is 6.20 Å². The largest absolute Gasteiger partial charge is 0.468 e. The predicted molar refractivity (Wildman–Crippen MR) is 96.1 cm³/mol. The Morgan fingerprint density at radius 1 is 1.11 bits per heavy atom. The Labute approximate surface area is 156 Å². The van der Waals surface area contributed by atoms with Crippen molar-refractivity contribution in [2.24, 2.45) is 0 Å². The molecule has 0 saturated heterocycles. The van der Waals surface area contributed by atoms with Crippen LogP contribution in [-0.2, 0) is 6.42 Å². The van der Waals surface area contributed by atoms with Crippen LogP contribution in [0.3, 0.4) is 0 Å². The summed E-state index contributed by atoms with van der Waals surface area (Å²) in [6.45, 7) is -1.36. The molecule has 3 rings (SSSR count). The highest BCUT2D eigenvalue weighted by atomic mass is 19.4. The van der Waals surface area contributed by atoms with Gasteiger partial charge in [-0.1, -0.05) is 49.6 Å². The second-order valence-corrected chi connectivity index (χ2v) is 6.94. The molecule has 0 spiro atoms. The number of rotatable bonds is 6. The summed E-state index contributed by atoms with van der Waals surface area (Å²) in [5.41, 5.74) is 2.00. The van der Waals surface area contributed by atoms with Crippen molar-refractivity contribution in [1.82, 2.24) is 4.98 Å². The zero-order valence-electron chi connectivity index (χ0n) is 15.0. The molecule has 0 radical (unpaired) electrons. The number of hydrogen-bond acceptors (Lipinski definition) is 3. The monoisotopic (exact) mass is 377 g/mol. The SMILES string of the molecule is O=C(Cc1cnc(OCC(F)(F)F)c(C2CCCCC2)c1)c1ccccc1. The number of benzene rings is 1. The Morgan fingerprint density at radius 3 is 2.48 bits per heavy atom. The number of aromatic nitrogens is 1. The normalized spacial score (nSPS) is 15.5. The molecule has 6 heteroatoms. The number of hydrogen-bond donors (Lipinski definition) is 0. The van der Waals surface area contributed by atoms with Crippen molar-refractivity contribution in [3.8, 4) is 5.88 Å². The molecular formula is C21H22F3NO2. The van der Waals surface area contributed by atoms with Gasteiger partial charge < -0.3 is 4.74 Å². The van der Waals surface area contributed by atoms with Gasteiger partial charge in [0.05, 0.1) is 0 Å². The van der Waals surface area contributed by atoms with Crippen molar-refractivity contribution in [2.75, 3.05) is 6.61 Å². The minimum atomic E-state index is -4.41. The molecule has 0 N–H and O–H groups in total. The molecule has 2 aromatic rings. The molecule has 0 unspecified atom stereocenters. The van der Waals surface area contributed by atoms with E-state index in [0.29, 0.717) is 16.7 Å². The summed E-state index contributed by atoms with van der Waals surface area (Å²) in [4.78, 5) is 16.6. The van der Waals surface area contributed by atoms with Gasteiger partial charge >= 0.3 is 6.18 Å². The highest BCUT2D eigenvalue weighted by Gasteiger charge is 2.30. The molecule has 1 aliphatic rings. The number of Topliss-reactive ketones (excluding diaryl/α,β-unsaturated/α-hetero) is 1. The first-order valence-electron chi connectivity index (χ1n) is 9.19. The smallest absolute Gasteiger partial charge is 0.422 e. The fourth-order valence-electron chi connectivity index (χ4n) is 3.50. The van der Waals surface area contributed by atoms with Crippen molar-refractivity contribution in [1.29, 1.82) is 0 Å². The van der Waals surface area contributed by atoms with Crippen LogP contribution in [0.5, 0.6) is 5.88 Å². The lowest BCUT2D eigenvalue weighted by Gasteiger charge is -2.24. The fraction of sp³-hybridized carbons (Fsp3) is 0.429. The molecule has 1 aromatic carbocycles. The Kier molecular flexibility index (Phi) is 6.14. The molecule has 27 heavy (non-hydrogen) atoms. The molecule has 0 aliphatic heterocycles. The average Bonchev–Trinajstić information content (AvgIpc) is 2.67. The maximum atomic E-state index is 12.6. The van der Waals surface area contributed by atoms with Crippen LogP contribution >= 0.6 is 0 Å². The zero-order valence-corrected chi connectivity index (χ0v) is 15.0. The summed E-state index contributed by atoms with van der Waals surface area (Å²) in [5, 5.41) is 0. The van der Waals surface area contributed by atoms with Crippen molar-refractivity contribution in [2.45, 2.75) is 50.6 Å². The van der Waals surface area contributed by atoms with E-state index in [1.54, 1.807) is 30.3 Å². The topological polar surface area (TPSA) is 39.2 Å². The maximum Gasteiger partial charge on any atom is 0.422 e. The van der Waals surface area contributed by atoms with E-state index >= 15 is 0 Å². The first kappa shape index (κ1) is 19.4. The molecule has 0 bridgehead atoms. The molecule has 1 heterocycles. The van der Waals surface area contributed by atoms with Gasteiger partial charge in [0.2, 0.25) is 5.88 Å². The molecule has 144 valence electrons. The van der Waals surface area contributed by atoms with Crippen LogP contribution in [0.1, 0.15) is 59.5 Å². The standard InChI is InChI=1S/C21H22F3NO2/c22-21(23,24)14-27-20-18(16-7-3-1-4-8-16)11-15(13-25-20)12-19(26)17-9-5-2-6-10-17/h2,5-6,9-11,13,16H,1,3-4,7-8,12,14H2. The van der Waals surface area contributed by atoms with E-state index < -0.39 is 12.8 Å². The van der Waals surface area contributed by atoms with Crippen molar-refractivity contribution in [3.63, 3.8) is 0 Å². The van der Waals surface area contributed by atoms with Crippen LogP contribution in [-0.4, -0.2) is 23.6 Å². The Morgan fingerprint density at radius 2 is 1.81 bits per heavy atom. The van der Waals surface area contributed by atoms with E-state index in [0.717, 1.165) is 32.1 Å². The third-order valence-corrected chi connectivity index (χ3v) is 4.81. The van der Waals surface area contributed by atoms with Crippen molar-refractivity contribution in [3.05, 3.63) is 59.3 Å². The van der Waals surface area contributed by atoms with Crippen LogP contribution in [0, 0.1) is 0 Å². The van der Waals surface area contributed by atoms with Gasteiger partial charge in [-0.15, -0.1) is 0 Å². The van der Waals surface area contributed by atoms with E-state index in [2.05, 4.69) is 4.98 Å². The van der Waals surface area contributed by atoms with E-state index in [9.17, 15) is 18.0 Å². The van der Waals surface area contributed by atoms with Gasteiger partial charge in [-0.2, -0.15) is 13.2 Å². The summed E-state index contributed by atoms with van der Waals surface area (Å²) in [6.07, 6.45) is 2.21. The summed E-state index contributed by atoms with van der Waals surface area (Å²) in [6, 6.07) is 10.7. The van der Waals surface area contributed by atoms with Gasteiger partial charge in [0.15, 0.2) is 12.4 Å². The molecule has 0 amide bonds. The number of ketones is 1. The van der Waals surface area contributed by atoms with Crippen LogP contribution < -0.4 is 4.74 Å². The maximum absolute atomic E-state index is 12.6. The summed E-state index contributed by atoms with van der Waals surface area (Å²) < 4.78 is 42.6. The lowest BCUT2D eigenvalue weighted by molar-refractivity contribution is -0.154. The number of pyridine rings is 1. The molecular weight excluding hydrogens is 355 g/mol. The average molecular weight is 377 g/mol. The van der Waals surface area contributed by atoms with Gasteiger partial charge in [-0.3, -0.25) is 4.79 Å². The summed E-state index contributed by atoms with van der Waals surface area (Å²) >= 11 is 0. The molecule has 1 aromatic heterocycles. The summed E-state index contributed by atoms with van der Waals surface area (Å²) in [7, 11) is 0. The van der Waals surface area contributed by atoms with Gasteiger partial charge in [-0.05, 0) is 30.4 Å². The highest BCUT2D eigenvalue weighted by Crippen LogP contribution is 2.37. The number of carbonyl (C=O) groups excluding carboxylic acids is 1. The predicted octanol–water partition coefficient (Wildman–Crippen LogP) is 5.50. The van der Waals surface area contributed by atoms with Crippen molar-refractivity contribution >= 4 is 5.78 Å². The van der Waals surface area contributed by atoms with Crippen LogP contribution in [0.2, 0.25) is 0 Å². The van der Waals surface area contributed by atoms with Gasteiger partial charge in [0.25, 0.3) is 0 Å². The minimum Gasteiger partial charge on any atom is -0.468 e. The number of halogens is 3. The molecule has 1 saturated carbocycles. The van der Waals surface area contributed by atoms with E-state index in [-0.39, 0.29) is 24.0 Å². The summed E-state index contributed by atoms with van der Waals surface area (Å²) in [5.74, 6) is 0.118. The van der Waals surface area contributed by atoms with Gasteiger partial charge in [0, 0.05) is 23.7 Å². The molecule has 1 fully saturated rings. The van der Waals surface area contributed by atoms with Crippen LogP contribution in [0.15, 0.2) is 42.6 Å².